The maximum atomic E-state index is 5.73. The summed E-state index contributed by atoms with van der Waals surface area (Å²) in [5, 5.41) is 4.08. The molecule has 0 radical (unpaired) electrons. The monoisotopic (exact) mass is 180 g/mol. The van der Waals surface area contributed by atoms with Gasteiger partial charge in [0.2, 0.25) is 0 Å². The number of hydrogen-bond donors (Lipinski definition) is 1. The molecule has 3 heteroatoms. The van der Waals surface area contributed by atoms with Crippen molar-refractivity contribution >= 4 is 0 Å². The molecular formula is C10H16N2O. The van der Waals surface area contributed by atoms with Crippen LogP contribution in [0.5, 0.6) is 0 Å². The van der Waals surface area contributed by atoms with Crippen LogP contribution in [0.25, 0.3) is 0 Å². The molecule has 0 saturated heterocycles. The van der Waals surface area contributed by atoms with Crippen molar-refractivity contribution in [2.24, 2.45) is 5.73 Å². The summed E-state index contributed by atoms with van der Waals surface area (Å²) in [4.78, 5) is 0. The molecule has 0 bridgehead atoms. The van der Waals surface area contributed by atoms with Gasteiger partial charge in [-0.3, -0.25) is 0 Å². The van der Waals surface area contributed by atoms with Crippen molar-refractivity contribution in [3.8, 4) is 0 Å². The van der Waals surface area contributed by atoms with Crippen LogP contribution in [0.2, 0.25) is 0 Å². The highest BCUT2D eigenvalue weighted by molar-refractivity contribution is 5.25. The molecule has 1 aromatic heterocycles. The minimum absolute atomic E-state index is 0.166. The summed E-state index contributed by atoms with van der Waals surface area (Å²) in [7, 11) is 0. The van der Waals surface area contributed by atoms with Crippen molar-refractivity contribution in [1.29, 1.82) is 0 Å². The topological polar surface area (TPSA) is 52.0 Å². The van der Waals surface area contributed by atoms with Crippen LogP contribution in [-0.2, 0) is 19.3 Å². The van der Waals surface area contributed by atoms with Crippen LogP contribution in [0.3, 0.4) is 0 Å². The number of hydrogen-bond acceptors (Lipinski definition) is 3. The quantitative estimate of drug-likeness (QED) is 0.749. The van der Waals surface area contributed by atoms with Crippen LogP contribution < -0.4 is 5.73 Å². The van der Waals surface area contributed by atoms with E-state index in [2.05, 4.69) is 5.16 Å². The Kier molecular flexibility index (Phi) is 2.36. The van der Waals surface area contributed by atoms with E-state index >= 15 is 0 Å². The maximum Gasteiger partial charge on any atom is 0.141 e. The van der Waals surface area contributed by atoms with E-state index in [4.69, 9.17) is 10.3 Å². The van der Waals surface area contributed by atoms with Gasteiger partial charge in [-0.25, -0.2) is 0 Å². The lowest BCUT2D eigenvalue weighted by Gasteiger charge is -2.09. The van der Waals surface area contributed by atoms with Gasteiger partial charge in [0.05, 0.1) is 5.69 Å². The summed E-state index contributed by atoms with van der Waals surface area (Å²) < 4.78 is 5.30. The molecule has 0 aromatic carbocycles. The van der Waals surface area contributed by atoms with E-state index < -0.39 is 0 Å². The van der Waals surface area contributed by atoms with E-state index in [9.17, 15) is 0 Å². The normalized spacial score (nSPS) is 18.3. The fraction of sp³-hybridized carbons (Fsp3) is 0.700. The first-order valence-electron chi connectivity index (χ1n) is 4.99. The molecule has 1 aliphatic carbocycles. The Morgan fingerprint density at radius 1 is 1.46 bits per heavy atom. The molecule has 0 saturated carbocycles. The number of rotatable bonds is 2. The van der Waals surface area contributed by atoms with Crippen molar-refractivity contribution in [3.63, 3.8) is 0 Å². The smallest absolute Gasteiger partial charge is 0.141 e. The number of nitrogens with zero attached hydrogens (tertiary/aromatic N) is 1. The van der Waals surface area contributed by atoms with Crippen molar-refractivity contribution in [1.82, 2.24) is 5.16 Å². The Balaban J connectivity index is 2.21. The summed E-state index contributed by atoms with van der Waals surface area (Å²) in [5.74, 6) is 1.02. The molecule has 0 aliphatic heterocycles. The highest BCUT2D eigenvalue weighted by Gasteiger charge is 2.19. The molecule has 1 aromatic rings. The van der Waals surface area contributed by atoms with E-state index in [0.717, 1.165) is 25.0 Å². The molecule has 1 heterocycles. The van der Waals surface area contributed by atoms with E-state index in [-0.39, 0.29) is 6.04 Å². The Hall–Kier alpha value is -0.830. The maximum absolute atomic E-state index is 5.73. The van der Waals surface area contributed by atoms with Gasteiger partial charge in [0.25, 0.3) is 0 Å². The zero-order valence-corrected chi connectivity index (χ0v) is 8.05. The van der Waals surface area contributed by atoms with Gasteiger partial charge < -0.3 is 10.3 Å². The van der Waals surface area contributed by atoms with Crippen LogP contribution in [0.1, 0.15) is 36.8 Å². The third-order valence-electron chi connectivity index (χ3n) is 2.55. The van der Waals surface area contributed by atoms with Gasteiger partial charge >= 0.3 is 0 Å². The van der Waals surface area contributed by atoms with Gasteiger partial charge in [0.1, 0.15) is 5.76 Å². The summed E-state index contributed by atoms with van der Waals surface area (Å²) in [6.07, 6.45) is 5.54. The lowest BCUT2D eigenvalue weighted by molar-refractivity contribution is 0.371. The van der Waals surface area contributed by atoms with Crippen LogP contribution >= 0.6 is 0 Å². The Bertz CT molecular complexity index is 291. The van der Waals surface area contributed by atoms with E-state index in [1.165, 1.54) is 24.1 Å². The van der Waals surface area contributed by atoms with Crippen LogP contribution in [0.4, 0.5) is 0 Å². The number of aromatic nitrogens is 1. The fourth-order valence-electron chi connectivity index (χ4n) is 1.91. The van der Waals surface area contributed by atoms with Crippen LogP contribution in [-0.4, -0.2) is 11.2 Å². The first kappa shape index (κ1) is 8.75. The van der Waals surface area contributed by atoms with Crippen LogP contribution in [0, 0.1) is 0 Å². The zero-order chi connectivity index (χ0) is 9.26. The summed E-state index contributed by atoms with van der Waals surface area (Å²) in [5.41, 5.74) is 8.23. The van der Waals surface area contributed by atoms with Gasteiger partial charge in [0.15, 0.2) is 0 Å². The molecule has 1 unspecified atom stereocenters. The van der Waals surface area contributed by atoms with E-state index in [1.54, 1.807) is 0 Å². The molecule has 1 aliphatic rings. The fourth-order valence-corrected chi connectivity index (χ4v) is 1.91. The molecule has 2 rings (SSSR count). The molecule has 0 amide bonds. The van der Waals surface area contributed by atoms with Crippen molar-refractivity contribution < 1.29 is 4.52 Å². The van der Waals surface area contributed by atoms with Gasteiger partial charge in [-0.05, 0) is 32.6 Å². The minimum Gasteiger partial charge on any atom is -0.361 e. The van der Waals surface area contributed by atoms with Crippen molar-refractivity contribution in [3.05, 3.63) is 17.0 Å². The SMILES string of the molecule is CC(N)Cc1onc2c1CCCC2. The summed E-state index contributed by atoms with van der Waals surface area (Å²) >= 11 is 0. The lowest BCUT2D eigenvalue weighted by atomic mass is 9.94. The molecule has 0 fully saturated rings. The van der Waals surface area contributed by atoms with Crippen molar-refractivity contribution in [2.45, 2.75) is 45.1 Å². The molecular weight excluding hydrogens is 164 g/mol. The first-order chi connectivity index (χ1) is 6.27. The second-order valence-corrected chi connectivity index (χ2v) is 3.92. The number of fused-ring (bicyclic) bond motifs is 1. The Morgan fingerprint density at radius 2 is 2.23 bits per heavy atom. The van der Waals surface area contributed by atoms with Gasteiger partial charge in [0, 0.05) is 18.0 Å². The first-order valence-corrected chi connectivity index (χ1v) is 4.99. The molecule has 2 N–H and O–H groups in total. The third-order valence-corrected chi connectivity index (χ3v) is 2.55. The second-order valence-electron chi connectivity index (χ2n) is 3.92. The molecule has 3 nitrogen and oxygen atoms in total. The van der Waals surface area contributed by atoms with E-state index in [0.29, 0.717) is 0 Å². The van der Waals surface area contributed by atoms with E-state index in [1.807, 2.05) is 6.92 Å². The predicted octanol–water partition coefficient (Wildman–Crippen LogP) is 1.44. The standard InChI is InChI=1S/C10H16N2O/c1-7(11)6-10-8-4-2-3-5-9(8)12-13-10/h7H,2-6,11H2,1H3. The molecule has 72 valence electrons. The summed E-state index contributed by atoms with van der Waals surface area (Å²) in [6.45, 7) is 2.00. The van der Waals surface area contributed by atoms with Crippen molar-refractivity contribution in [2.75, 3.05) is 0 Å². The average molecular weight is 180 g/mol. The lowest BCUT2D eigenvalue weighted by Crippen LogP contribution is -2.18. The van der Waals surface area contributed by atoms with Gasteiger partial charge in [-0.2, -0.15) is 0 Å². The number of nitrogens with two attached hydrogens (primary N) is 1. The zero-order valence-electron chi connectivity index (χ0n) is 8.05. The highest BCUT2D eigenvalue weighted by atomic mass is 16.5. The predicted molar refractivity (Wildman–Crippen MR) is 50.5 cm³/mol. The second kappa shape index (κ2) is 3.50. The molecule has 13 heavy (non-hydrogen) atoms. The third kappa shape index (κ3) is 1.75. The van der Waals surface area contributed by atoms with Gasteiger partial charge in [-0.1, -0.05) is 5.16 Å². The highest BCUT2D eigenvalue weighted by Crippen LogP contribution is 2.24. The molecule has 0 spiro atoms. The Labute approximate surface area is 78.3 Å². The van der Waals surface area contributed by atoms with Crippen LogP contribution in [0.15, 0.2) is 4.52 Å². The van der Waals surface area contributed by atoms with Gasteiger partial charge in [-0.15, -0.1) is 0 Å². The minimum atomic E-state index is 0.166. The number of aryl methyl sites for hydroxylation is 1. The average Bonchev–Trinajstić information content (AvgIpc) is 2.48. The molecule has 1 atom stereocenters. The Morgan fingerprint density at radius 3 is 3.00 bits per heavy atom. The largest absolute Gasteiger partial charge is 0.361 e. The summed E-state index contributed by atoms with van der Waals surface area (Å²) in [6, 6.07) is 0.166.